The van der Waals surface area contributed by atoms with Crippen LogP contribution < -0.4 is 10.6 Å². The van der Waals surface area contributed by atoms with Crippen molar-refractivity contribution in [2.45, 2.75) is 57.5 Å². The Labute approximate surface area is 185 Å². The maximum Gasteiger partial charge on any atom is 0.319 e. The lowest BCUT2D eigenvalue weighted by molar-refractivity contribution is 0.119. The van der Waals surface area contributed by atoms with E-state index in [4.69, 9.17) is 11.6 Å². The number of amides is 2. The number of piperidine rings is 1. The largest absolute Gasteiger partial charge is 0.334 e. The molecule has 2 fully saturated rings. The molecular weight excluding hydrogens is 394 g/mol. The van der Waals surface area contributed by atoms with E-state index in [0.29, 0.717) is 6.04 Å². The predicted octanol–water partition coefficient (Wildman–Crippen LogP) is 5.65. The van der Waals surface area contributed by atoms with Gasteiger partial charge in [-0.3, -0.25) is 4.90 Å². The molecule has 4 rings (SSSR count). The summed E-state index contributed by atoms with van der Waals surface area (Å²) in [4.78, 5) is 15.1. The van der Waals surface area contributed by atoms with E-state index in [2.05, 4.69) is 27.7 Å². The van der Waals surface area contributed by atoms with Gasteiger partial charge in [-0.05, 0) is 94.3 Å². The molecule has 0 aromatic heterocycles. The summed E-state index contributed by atoms with van der Waals surface area (Å²) in [5.74, 6) is 0.736. The zero-order valence-corrected chi connectivity index (χ0v) is 18.5. The van der Waals surface area contributed by atoms with Crippen molar-refractivity contribution in [2.24, 2.45) is 5.92 Å². The maximum atomic E-state index is 12.5. The molecule has 2 unspecified atom stereocenters. The highest BCUT2D eigenvalue weighted by Gasteiger charge is 2.35. The van der Waals surface area contributed by atoms with Crippen LogP contribution >= 0.6 is 11.6 Å². The van der Waals surface area contributed by atoms with Crippen molar-refractivity contribution in [1.82, 2.24) is 10.2 Å². The van der Waals surface area contributed by atoms with Crippen LogP contribution in [-0.2, 0) is 6.42 Å². The van der Waals surface area contributed by atoms with Crippen molar-refractivity contribution in [3.63, 3.8) is 0 Å². The second kappa shape index (κ2) is 9.84. The van der Waals surface area contributed by atoms with Crippen LogP contribution in [0.15, 0.2) is 48.5 Å². The molecule has 1 saturated heterocycles. The number of nitrogens with one attached hydrogen (secondary N) is 2. The molecule has 0 bridgehead atoms. The van der Waals surface area contributed by atoms with Crippen molar-refractivity contribution < 1.29 is 4.79 Å². The highest BCUT2D eigenvalue weighted by atomic mass is 35.5. The Kier molecular flexibility index (Phi) is 6.96. The van der Waals surface area contributed by atoms with E-state index in [1.165, 1.54) is 36.8 Å². The molecule has 2 aliphatic rings. The predicted molar refractivity (Wildman–Crippen MR) is 124 cm³/mol. The summed E-state index contributed by atoms with van der Waals surface area (Å²) in [6.07, 6.45) is 7.01. The number of aryl methyl sites for hydroxylation is 1. The van der Waals surface area contributed by atoms with Crippen LogP contribution in [0, 0.1) is 12.8 Å². The molecule has 160 valence electrons. The first-order valence-electron chi connectivity index (χ1n) is 11.2. The van der Waals surface area contributed by atoms with Gasteiger partial charge < -0.3 is 10.6 Å². The van der Waals surface area contributed by atoms with Crippen LogP contribution in [0.2, 0.25) is 5.02 Å². The molecule has 1 saturated carbocycles. The van der Waals surface area contributed by atoms with Crippen molar-refractivity contribution in [3.8, 4) is 0 Å². The Morgan fingerprint density at radius 3 is 2.40 bits per heavy atom. The van der Waals surface area contributed by atoms with Gasteiger partial charge in [0.05, 0.1) is 0 Å². The molecule has 1 aliphatic heterocycles. The standard InChI is InChI=1S/C25H32ClN3O/c1-18-5-11-22(12-6-18)27-25(30)28-23-3-2-4-24(23)29-15-13-20(14-16-29)17-19-7-9-21(26)10-8-19/h5-12,20,23-24H,2-4,13-17H2,1H3,(H2,27,28,30). The first kappa shape index (κ1) is 21.2. The third kappa shape index (κ3) is 5.55. The number of benzene rings is 2. The van der Waals surface area contributed by atoms with Gasteiger partial charge in [0.1, 0.15) is 0 Å². The number of halogens is 1. The number of rotatable bonds is 5. The van der Waals surface area contributed by atoms with E-state index < -0.39 is 0 Å². The van der Waals surface area contributed by atoms with Gasteiger partial charge in [0.15, 0.2) is 0 Å². The van der Waals surface area contributed by atoms with Crippen LogP contribution in [0.3, 0.4) is 0 Å². The van der Waals surface area contributed by atoms with Gasteiger partial charge in [0.2, 0.25) is 0 Å². The number of hydrogen-bond donors (Lipinski definition) is 2. The zero-order valence-electron chi connectivity index (χ0n) is 17.7. The molecule has 1 aliphatic carbocycles. The average molecular weight is 426 g/mol. The maximum absolute atomic E-state index is 12.5. The van der Waals surface area contributed by atoms with Crippen molar-refractivity contribution in [1.29, 1.82) is 0 Å². The number of carbonyl (C=O) groups is 1. The normalized spacial score (nSPS) is 22.7. The van der Waals surface area contributed by atoms with Gasteiger partial charge in [0.25, 0.3) is 0 Å². The number of nitrogens with zero attached hydrogens (tertiary/aromatic N) is 1. The highest BCUT2D eigenvalue weighted by molar-refractivity contribution is 6.30. The highest BCUT2D eigenvalue weighted by Crippen LogP contribution is 2.30. The second-order valence-electron chi connectivity index (χ2n) is 8.88. The van der Waals surface area contributed by atoms with E-state index in [9.17, 15) is 4.79 Å². The third-order valence-electron chi connectivity index (χ3n) is 6.66. The number of carbonyl (C=O) groups excluding carboxylic acids is 1. The average Bonchev–Trinajstić information content (AvgIpc) is 3.20. The first-order valence-corrected chi connectivity index (χ1v) is 11.6. The van der Waals surface area contributed by atoms with Crippen molar-refractivity contribution >= 4 is 23.3 Å². The molecule has 2 atom stereocenters. The summed E-state index contributed by atoms with van der Waals surface area (Å²) >= 11 is 6.01. The summed E-state index contributed by atoms with van der Waals surface area (Å²) in [7, 11) is 0. The van der Waals surface area contributed by atoms with Crippen LogP contribution in [-0.4, -0.2) is 36.1 Å². The lowest BCUT2D eigenvalue weighted by Gasteiger charge is -2.38. The summed E-state index contributed by atoms with van der Waals surface area (Å²) in [6, 6.07) is 16.8. The molecule has 2 amide bonds. The quantitative estimate of drug-likeness (QED) is 0.650. The Morgan fingerprint density at radius 1 is 1.00 bits per heavy atom. The fourth-order valence-corrected chi connectivity index (χ4v) is 5.09. The van der Waals surface area contributed by atoms with Crippen LogP contribution in [0.1, 0.15) is 43.2 Å². The first-order chi connectivity index (χ1) is 14.6. The molecule has 5 heteroatoms. The van der Waals surface area contributed by atoms with Gasteiger partial charge in [-0.1, -0.05) is 41.4 Å². The molecule has 1 heterocycles. The van der Waals surface area contributed by atoms with E-state index in [-0.39, 0.29) is 12.1 Å². The Morgan fingerprint density at radius 2 is 1.70 bits per heavy atom. The minimum atomic E-state index is -0.0895. The molecule has 4 nitrogen and oxygen atoms in total. The molecule has 2 aromatic rings. The van der Waals surface area contributed by atoms with Gasteiger partial charge in [-0.15, -0.1) is 0 Å². The molecule has 2 N–H and O–H groups in total. The lowest BCUT2D eigenvalue weighted by atomic mass is 9.89. The van der Waals surface area contributed by atoms with Gasteiger partial charge >= 0.3 is 6.03 Å². The Balaban J connectivity index is 1.26. The number of hydrogen-bond acceptors (Lipinski definition) is 2. The molecular formula is C25H32ClN3O. The number of anilines is 1. The Hall–Kier alpha value is -2.04. The molecule has 30 heavy (non-hydrogen) atoms. The third-order valence-corrected chi connectivity index (χ3v) is 6.91. The van der Waals surface area contributed by atoms with E-state index in [0.717, 1.165) is 42.6 Å². The Bertz CT molecular complexity index is 828. The SMILES string of the molecule is Cc1ccc(NC(=O)NC2CCCC2N2CCC(Cc3ccc(Cl)cc3)CC2)cc1. The lowest BCUT2D eigenvalue weighted by Crippen LogP contribution is -2.52. The van der Waals surface area contributed by atoms with Crippen LogP contribution in [0.5, 0.6) is 0 Å². The minimum absolute atomic E-state index is 0.0895. The zero-order chi connectivity index (χ0) is 20.9. The summed E-state index contributed by atoms with van der Waals surface area (Å²) in [6.45, 7) is 4.30. The summed E-state index contributed by atoms with van der Waals surface area (Å²) in [5, 5.41) is 7.03. The van der Waals surface area contributed by atoms with E-state index >= 15 is 0 Å². The molecule has 2 aromatic carbocycles. The topological polar surface area (TPSA) is 44.4 Å². The van der Waals surface area contributed by atoms with Crippen LogP contribution in [0.4, 0.5) is 10.5 Å². The smallest absolute Gasteiger partial charge is 0.319 e. The second-order valence-corrected chi connectivity index (χ2v) is 9.32. The van der Waals surface area contributed by atoms with E-state index in [1.807, 2.05) is 43.3 Å². The van der Waals surface area contributed by atoms with Crippen LogP contribution in [0.25, 0.3) is 0 Å². The van der Waals surface area contributed by atoms with E-state index in [1.54, 1.807) is 0 Å². The van der Waals surface area contributed by atoms with Gasteiger partial charge in [0, 0.05) is 22.8 Å². The fourth-order valence-electron chi connectivity index (χ4n) is 4.96. The molecule has 0 spiro atoms. The summed E-state index contributed by atoms with van der Waals surface area (Å²) < 4.78 is 0. The monoisotopic (exact) mass is 425 g/mol. The van der Waals surface area contributed by atoms with Crippen molar-refractivity contribution in [3.05, 3.63) is 64.7 Å². The number of urea groups is 1. The fraction of sp³-hybridized carbons (Fsp3) is 0.480. The van der Waals surface area contributed by atoms with Gasteiger partial charge in [-0.2, -0.15) is 0 Å². The minimum Gasteiger partial charge on any atom is -0.334 e. The van der Waals surface area contributed by atoms with Crippen molar-refractivity contribution in [2.75, 3.05) is 18.4 Å². The molecule has 0 radical (unpaired) electrons. The van der Waals surface area contributed by atoms with Gasteiger partial charge in [-0.25, -0.2) is 4.79 Å². The summed E-state index contributed by atoms with van der Waals surface area (Å²) in [5.41, 5.74) is 3.41. The number of likely N-dealkylation sites (tertiary alicyclic amines) is 1.